The van der Waals surface area contributed by atoms with Crippen LogP contribution in [0.25, 0.3) is 0 Å². The van der Waals surface area contributed by atoms with E-state index in [1.54, 1.807) is 0 Å². The highest BCUT2D eigenvalue weighted by Crippen LogP contribution is 2.15. The van der Waals surface area contributed by atoms with Crippen LogP contribution in [0.4, 0.5) is 10.0 Å². The maximum Gasteiger partial charge on any atom is 0.364 e. The number of ether oxygens (including phenoxy) is 1. The summed E-state index contributed by atoms with van der Waals surface area (Å²) in [4.78, 5) is 7.43. The van der Waals surface area contributed by atoms with Crippen molar-refractivity contribution in [3.63, 3.8) is 0 Å². The second kappa shape index (κ2) is 7.95. The molecule has 0 saturated carbocycles. The molecule has 2 aliphatic heterocycles. The monoisotopic (exact) mass is 305 g/mol. The Morgan fingerprint density at radius 2 is 1.45 bits per heavy atom. The number of hydrogen-bond acceptors (Lipinski definition) is 4. The second-order valence-electron chi connectivity index (χ2n) is 6.08. The van der Waals surface area contributed by atoms with Gasteiger partial charge >= 0.3 is 7.56 Å². The van der Waals surface area contributed by atoms with E-state index in [9.17, 15) is 4.32 Å². The summed E-state index contributed by atoms with van der Waals surface area (Å²) >= 11 is 0. The fourth-order valence-corrected chi connectivity index (χ4v) is 3.13. The molecule has 0 aliphatic carbocycles. The molecule has 2 heterocycles. The molecule has 0 amide bonds. The van der Waals surface area contributed by atoms with Crippen LogP contribution >= 0.6 is 0 Å². The average Bonchev–Trinajstić information content (AvgIpc) is 2.61. The fraction of sp³-hybridized carbons (Fsp3) is 0.625. The minimum atomic E-state index is -0.379. The van der Waals surface area contributed by atoms with Gasteiger partial charge in [0.1, 0.15) is 0 Å². The number of halogens is 1. The van der Waals surface area contributed by atoms with E-state index in [-0.39, 0.29) is 7.56 Å². The standard InChI is InChI=1S/C16H25BFN3O/c18-17-15-1-3-16(4-2-15)21-9-7-19(8-10-21)5-6-20-11-13-22-14-12-20/h1-4,17H,5-14H2. The Kier molecular flexibility index (Phi) is 5.70. The average molecular weight is 305 g/mol. The van der Waals surface area contributed by atoms with Crippen LogP contribution < -0.4 is 10.4 Å². The SMILES string of the molecule is FBc1ccc(N2CCN(CCN3CCOCC3)CC2)cc1. The van der Waals surface area contributed by atoms with E-state index >= 15 is 0 Å². The zero-order valence-electron chi connectivity index (χ0n) is 13.2. The molecule has 4 nitrogen and oxygen atoms in total. The Morgan fingerprint density at radius 1 is 0.864 bits per heavy atom. The van der Waals surface area contributed by atoms with E-state index in [0.717, 1.165) is 71.0 Å². The highest BCUT2D eigenvalue weighted by molar-refractivity contribution is 6.46. The van der Waals surface area contributed by atoms with Crippen LogP contribution in [0.2, 0.25) is 0 Å². The zero-order valence-corrected chi connectivity index (χ0v) is 13.2. The Hall–Kier alpha value is -1.11. The van der Waals surface area contributed by atoms with Gasteiger partial charge in [0, 0.05) is 58.0 Å². The van der Waals surface area contributed by atoms with Crippen molar-refractivity contribution in [1.82, 2.24) is 9.80 Å². The number of nitrogens with zero attached hydrogens (tertiary/aromatic N) is 3. The Morgan fingerprint density at radius 3 is 2.05 bits per heavy atom. The Labute approximate surface area is 133 Å². The predicted octanol–water partition coefficient (Wildman–Crippen LogP) is 0.0871. The largest absolute Gasteiger partial charge is 0.379 e. The molecule has 1 aromatic rings. The lowest BCUT2D eigenvalue weighted by atomic mass is 9.91. The first-order chi connectivity index (χ1) is 10.8. The third kappa shape index (κ3) is 4.21. The minimum absolute atomic E-state index is 0.379. The van der Waals surface area contributed by atoms with E-state index in [2.05, 4.69) is 14.7 Å². The van der Waals surface area contributed by atoms with E-state index in [1.807, 2.05) is 24.3 Å². The summed E-state index contributed by atoms with van der Waals surface area (Å²) in [6.07, 6.45) is 0. The number of rotatable bonds is 5. The van der Waals surface area contributed by atoms with E-state index in [1.165, 1.54) is 5.69 Å². The number of morpholine rings is 1. The second-order valence-corrected chi connectivity index (χ2v) is 6.08. The molecule has 0 radical (unpaired) electrons. The molecule has 2 saturated heterocycles. The Balaban J connectivity index is 1.41. The lowest BCUT2D eigenvalue weighted by Crippen LogP contribution is -2.49. The van der Waals surface area contributed by atoms with Crippen molar-refractivity contribution in [2.24, 2.45) is 0 Å². The number of piperazine rings is 1. The van der Waals surface area contributed by atoms with Gasteiger partial charge in [-0.3, -0.25) is 9.80 Å². The summed E-state index contributed by atoms with van der Waals surface area (Å²) in [6.45, 7) is 10.5. The first-order valence-electron chi connectivity index (χ1n) is 8.27. The maximum atomic E-state index is 12.6. The molecule has 1 aromatic carbocycles. The van der Waals surface area contributed by atoms with E-state index in [4.69, 9.17) is 4.74 Å². The van der Waals surface area contributed by atoms with Crippen LogP contribution in [0.5, 0.6) is 0 Å². The molecule has 0 N–H and O–H groups in total. The fourth-order valence-electron chi connectivity index (χ4n) is 3.13. The summed E-state index contributed by atoms with van der Waals surface area (Å²) in [5.41, 5.74) is 1.97. The highest BCUT2D eigenvalue weighted by atomic mass is 19.1. The van der Waals surface area contributed by atoms with Gasteiger partial charge in [0.2, 0.25) is 0 Å². The van der Waals surface area contributed by atoms with Gasteiger partial charge in [-0.25, -0.2) is 0 Å². The van der Waals surface area contributed by atoms with Gasteiger partial charge in [0.05, 0.1) is 13.2 Å². The van der Waals surface area contributed by atoms with Crippen molar-refractivity contribution in [3.8, 4) is 0 Å². The van der Waals surface area contributed by atoms with Crippen molar-refractivity contribution in [2.45, 2.75) is 0 Å². The molecule has 0 bridgehead atoms. The molecule has 6 heteroatoms. The van der Waals surface area contributed by atoms with Crippen molar-refractivity contribution in [2.75, 3.05) is 70.5 Å². The summed E-state index contributed by atoms with van der Waals surface area (Å²) in [7, 11) is -0.379. The smallest absolute Gasteiger partial charge is 0.364 e. The normalized spacial score (nSPS) is 21.0. The van der Waals surface area contributed by atoms with E-state index in [0.29, 0.717) is 0 Å². The Bertz CT molecular complexity index is 445. The molecule has 22 heavy (non-hydrogen) atoms. The zero-order chi connectivity index (χ0) is 15.2. The minimum Gasteiger partial charge on any atom is -0.379 e. The third-order valence-electron chi connectivity index (χ3n) is 4.66. The van der Waals surface area contributed by atoms with Gasteiger partial charge in [0.25, 0.3) is 0 Å². The van der Waals surface area contributed by atoms with E-state index < -0.39 is 0 Å². The molecular weight excluding hydrogens is 280 g/mol. The first-order valence-corrected chi connectivity index (χ1v) is 8.27. The lowest BCUT2D eigenvalue weighted by molar-refractivity contribution is 0.0331. The number of benzene rings is 1. The van der Waals surface area contributed by atoms with Gasteiger partial charge in [-0.05, 0) is 17.6 Å². The van der Waals surface area contributed by atoms with Crippen LogP contribution in [0.1, 0.15) is 0 Å². The maximum absolute atomic E-state index is 12.6. The quantitative estimate of drug-likeness (QED) is 0.718. The number of anilines is 1. The molecule has 0 unspecified atom stereocenters. The molecular formula is C16H25BFN3O. The van der Waals surface area contributed by atoms with Crippen molar-refractivity contribution in [1.29, 1.82) is 0 Å². The van der Waals surface area contributed by atoms with Gasteiger partial charge in [-0.15, -0.1) is 0 Å². The third-order valence-corrected chi connectivity index (χ3v) is 4.66. The summed E-state index contributed by atoms with van der Waals surface area (Å²) in [6, 6.07) is 7.86. The molecule has 0 aromatic heterocycles. The van der Waals surface area contributed by atoms with Gasteiger partial charge < -0.3 is 14.0 Å². The molecule has 2 fully saturated rings. The lowest BCUT2D eigenvalue weighted by Gasteiger charge is -2.37. The van der Waals surface area contributed by atoms with Crippen LogP contribution in [0, 0.1) is 0 Å². The topological polar surface area (TPSA) is 19.0 Å². The highest BCUT2D eigenvalue weighted by Gasteiger charge is 2.18. The van der Waals surface area contributed by atoms with Crippen LogP contribution in [0.15, 0.2) is 24.3 Å². The van der Waals surface area contributed by atoms with Gasteiger partial charge in [-0.1, -0.05) is 12.1 Å². The van der Waals surface area contributed by atoms with Crippen molar-refractivity contribution < 1.29 is 9.05 Å². The number of hydrogen-bond donors (Lipinski definition) is 0. The summed E-state index contributed by atoms with van der Waals surface area (Å²) in [5.74, 6) is 0. The summed E-state index contributed by atoms with van der Waals surface area (Å²) < 4.78 is 17.9. The van der Waals surface area contributed by atoms with Crippen LogP contribution in [-0.2, 0) is 4.74 Å². The van der Waals surface area contributed by atoms with Crippen LogP contribution in [0.3, 0.4) is 0 Å². The van der Waals surface area contributed by atoms with Crippen molar-refractivity contribution >= 4 is 18.7 Å². The molecule has 0 spiro atoms. The predicted molar refractivity (Wildman–Crippen MR) is 90.2 cm³/mol. The molecule has 2 aliphatic rings. The van der Waals surface area contributed by atoms with Gasteiger partial charge in [-0.2, -0.15) is 0 Å². The molecule has 120 valence electrons. The summed E-state index contributed by atoms with van der Waals surface area (Å²) in [5, 5.41) is 0. The molecule has 3 rings (SSSR count). The molecule has 0 atom stereocenters. The van der Waals surface area contributed by atoms with Gasteiger partial charge in [0.15, 0.2) is 0 Å². The first kappa shape index (κ1) is 15.8. The van der Waals surface area contributed by atoms with Crippen molar-refractivity contribution in [3.05, 3.63) is 24.3 Å². The van der Waals surface area contributed by atoms with Crippen LogP contribution in [-0.4, -0.2) is 82.9 Å².